The average molecular weight is 510 g/mol. The predicted molar refractivity (Wildman–Crippen MR) is 141 cm³/mol. The molecule has 1 N–H and O–H groups in total. The SMILES string of the molecule is Cc1ccc(C)c(N(CC(=O)N/N=C\c2cccc(OC3CSC3)c2)S(=O)(=O)c2ccccc2)c1. The molecule has 1 aliphatic heterocycles. The number of anilines is 1. The Balaban J connectivity index is 1.51. The second-order valence-electron chi connectivity index (χ2n) is 8.26. The van der Waals surface area contributed by atoms with Crippen molar-refractivity contribution in [2.24, 2.45) is 5.10 Å². The number of ether oxygens (including phenoxy) is 1. The van der Waals surface area contributed by atoms with Crippen molar-refractivity contribution in [1.29, 1.82) is 0 Å². The number of carbonyl (C=O) groups excluding carboxylic acids is 1. The van der Waals surface area contributed by atoms with E-state index in [2.05, 4.69) is 10.5 Å². The van der Waals surface area contributed by atoms with Crippen molar-refractivity contribution in [3.8, 4) is 5.75 Å². The van der Waals surface area contributed by atoms with E-state index in [0.29, 0.717) is 5.69 Å². The molecule has 0 saturated carbocycles. The number of nitrogens with one attached hydrogen (secondary N) is 1. The molecule has 4 rings (SSSR count). The highest BCUT2D eigenvalue weighted by atomic mass is 32.2. The van der Waals surface area contributed by atoms with Crippen molar-refractivity contribution >= 4 is 39.6 Å². The Morgan fingerprint density at radius 3 is 2.57 bits per heavy atom. The maximum Gasteiger partial charge on any atom is 0.264 e. The molecule has 182 valence electrons. The molecule has 0 bridgehead atoms. The zero-order chi connectivity index (χ0) is 24.8. The van der Waals surface area contributed by atoms with Crippen LogP contribution in [0.5, 0.6) is 5.75 Å². The number of carbonyl (C=O) groups is 1. The van der Waals surface area contributed by atoms with Crippen LogP contribution in [0.15, 0.2) is 82.8 Å². The zero-order valence-electron chi connectivity index (χ0n) is 19.5. The van der Waals surface area contributed by atoms with E-state index in [1.807, 2.05) is 62.0 Å². The first-order valence-electron chi connectivity index (χ1n) is 11.1. The van der Waals surface area contributed by atoms with Crippen LogP contribution in [-0.2, 0) is 14.8 Å². The molecule has 0 aliphatic carbocycles. The highest BCUT2D eigenvalue weighted by molar-refractivity contribution is 8.00. The standard InChI is InChI=1S/C26H27N3O4S2/c1-19-11-12-20(2)25(13-19)29(35(31,32)24-9-4-3-5-10-24)16-26(30)28-27-15-21-7-6-8-22(14-21)33-23-17-34-18-23/h3-15,23H,16-18H2,1-2H3,(H,28,30)/b27-15-. The van der Waals surface area contributed by atoms with Crippen molar-refractivity contribution in [2.45, 2.75) is 24.8 Å². The van der Waals surface area contributed by atoms with Crippen molar-refractivity contribution in [1.82, 2.24) is 5.43 Å². The van der Waals surface area contributed by atoms with E-state index in [1.54, 1.807) is 24.3 Å². The van der Waals surface area contributed by atoms with Gasteiger partial charge < -0.3 is 4.74 Å². The highest BCUT2D eigenvalue weighted by Crippen LogP contribution is 2.28. The monoisotopic (exact) mass is 509 g/mol. The van der Waals surface area contributed by atoms with Crippen molar-refractivity contribution in [3.05, 3.63) is 89.5 Å². The largest absolute Gasteiger partial charge is 0.489 e. The van der Waals surface area contributed by atoms with E-state index < -0.39 is 22.5 Å². The fourth-order valence-corrected chi connectivity index (χ4v) is 5.56. The molecule has 0 aromatic heterocycles. The molecule has 35 heavy (non-hydrogen) atoms. The van der Waals surface area contributed by atoms with Crippen LogP contribution in [0.25, 0.3) is 0 Å². The first-order chi connectivity index (χ1) is 16.8. The summed E-state index contributed by atoms with van der Waals surface area (Å²) in [7, 11) is -3.98. The van der Waals surface area contributed by atoms with Gasteiger partial charge in [0.15, 0.2) is 0 Å². The molecule has 9 heteroatoms. The Morgan fingerprint density at radius 1 is 1.09 bits per heavy atom. The summed E-state index contributed by atoms with van der Waals surface area (Å²) < 4.78 is 34.0. The minimum atomic E-state index is -3.98. The summed E-state index contributed by atoms with van der Waals surface area (Å²) in [5.74, 6) is 2.16. The molecule has 0 unspecified atom stereocenters. The summed E-state index contributed by atoms with van der Waals surface area (Å²) in [6.45, 7) is 3.28. The molecule has 0 radical (unpaired) electrons. The molecule has 1 saturated heterocycles. The Hall–Kier alpha value is -3.30. The number of sulfonamides is 1. The molecule has 3 aromatic rings. The molecule has 1 heterocycles. The summed E-state index contributed by atoms with van der Waals surface area (Å²) in [5.41, 5.74) is 5.30. The maximum atomic E-state index is 13.5. The van der Waals surface area contributed by atoms with E-state index in [1.165, 1.54) is 18.3 Å². The lowest BCUT2D eigenvalue weighted by molar-refractivity contribution is -0.119. The van der Waals surface area contributed by atoms with Gasteiger partial charge in [0.25, 0.3) is 15.9 Å². The van der Waals surface area contributed by atoms with Gasteiger partial charge in [-0.1, -0.05) is 42.5 Å². The second-order valence-corrected chi connectivity index (χ2v) is 11.2. The van der Waals surface area contributed by atoms with Gasteiger partial charge in [-0.2, -0.15) is 16.9 Å². The molecule has 0 spiro atoms. The molecule has 7 nitrogen and oxygen atoms in total. The highest BCUT2D eigenvalue weighted by Gasteiger charge is 2.28. The van der Waals surface area contributed by atoms with Crippen molar-refractivity contribution < 1.29 is 17.9 Å². The quantitative estimate of drug-likeness (QED) is 0.346. The third kappa shape index (κ3) is 6.23. The van der Waals surface area contributed by atoms with Gasteiger partial charge in [-0.25, -0.2) is 13.8 Å². The Bertz CT molecular complexity index is 1320. The van der Waals surface area contributed by atoms with Gasteiger partial charge in [0.2, 0.25) is 0 Å². The summed E-state index contributed by atoms with van der Waals surface area (Å²) >= 11 is 1.84. The Labute approximate surface area is 210 Å². The molecular formula is C26H27N3O4S2. The van der Waals surface area contributed by atoms with Gasteiger partial charge in [0, 0.05) is 11.5 Å². The Kier molecular flexibility index (Phi) is 7.77. The summed E-state index contributed by atoms with van der Waals surface area (Å²) in [6, 6.07) is 21.0. The molecule has 1 aliphatic rings. The predicted octanol–water partition coefficient (Wildman–Crippen LogP) is 4.14. The zero-order valence-corrected chi connectivity index (χ0v) is 21.2. The third-order valence-corrected chi connectivity index (χ3v) is 8.41. The minimum Gasteiger partial charge on any atom is -0.489 e. The van der Waals surface area contributed by atoms with Crippen molar-refractivity contribution in [2.75, 3.05) is 22.4 Å². The van der Waals surface area contributed by atoms with E-state index in [-0.39, 0.29) is 11.0 Å². The number of benzene rings is 3. The van der Waals surface area contributed by atoms with Gasteiger partial charge >= 0.3 is 0 Å². The third-order valence-electron chi connectivity index (χ3n) is 5.42. The van der Waals surface area contributed by atoms with Crippen molar-refractivity contribution in [3.63, 3.8) is 0 Å². The number of hydrogen-bond donors (Lipinski definition) is 1. The summed E-state index contributed by atoms with van der Waals surface area (Å²) in [4.78, 5) is 12.9. The molecule has 1 fully saturated rings. The van der Waals surface area contributed by atoms with Crippen LogP contribution >= 0.6 is 11.8 Å². The molecule has 0 atom stereocenters. The number of nitrogens with zero attached hydrogens (tertiary/aromatic N) is 2. The summed E-state index contributed by atoms with van der Waals surface area (Å²) in [5, 5.41) is 4.03. The smallest absolute Gasteiger partial charge is 0.264 e. The van der Waals surface area contributed by atoms with Gasteiger partial charge in [0.05, 0.1) is 16.8 Å². The maximum absolute atomic E-state index is 13.5. The number of amides is 1. The van der Waals surface area contributed by atoms with Gasteiger partial charge in [0.1, 0.15) is 18.4 Å². The number of rotatable bonds is 9. The topological polar surface area (TPSA) is 88.1 Å². The minimum absolute atomic E-state index is 0.110. The first-order valence-corrected chi connectivity index (χ1v) is 13.7. The summed E-state index contributed by atoms with van der Waals surface area (Å²) in [6.07, 6.45) is 1.74. The number of hydrogen-bond acceptors (Lipinski definition) is 6. The number of aryl methyl sites for hydroxylation is 2. The average Bonchev–Trinajstić information content (AvgIpc) is 2.82. The van der Waals surface area contributed by atoms with Crippen LogP contribution in [0.4, 0.5) is 5.69 Å². The first kappa shape index (κ1) is 24.8. The van der Waals surface area contributed by atoms with Crippen LogP contribution in [0, 0.1) is 13.8 Å². The molecule has 1 amide bonds. The lowest BCUT2D eigenvalue weighted by atomic mass is 10.1. The van der Waals surface area contributed by atoms with Gasteiger partial charge in [-0.05, 0) is 60.9 Å². The van der Waals surface area contributed by atoms with E-state index in [0.717, 1.165) is 38.3 Å². The fraction of sp³-hybridized carbons (Fsp3) is 0.231. The molecule has 3 aromatic carbocycles. The molecular weight excluding hydrogens is 482 g/mol. The van der Waals surface area contributed by atoms with E-state index in [9.17, 15) is 13.2 Å². The fourth-order valence-electron chi connectivity index (χ4n) is 3.49. The van der Waals surface area contributed by atoms with Crippen LogP contribution in [0.1, 0.15) is 16.7 Å². The van der Waals surface area contributed by atoms with Gasteiger partial charge in [-0.15, -0.1) is 0 Å². The van der Waals surface area contributed by atoms with E-state index >= 15 is 0 Å². The van der Waals surface area contributed by atoms with Crippen LogP contribution in [0.3, 0.4) is 0 Å². The van der Waals surface area contributed by atoms with Crippen LogP contribution in [-0.4, -0.2) is 44.7 Å². The second kappa shape index (κ2) is 11.0. The van der Waals surface area contributed by atoms with Crippen LogP contribution < -0.4 is 14.5 Å². The number of hydrazone groups is 1. The Morgan fingerprint density at radius 2 is 1.86 bits per heavy atom. The van der Waals surface area contributed by atoms with E-state index in [4.69, 9.17) is 4.74 Å². The van der Waals surface area contributed by atoms with Gasteiger partial charge in [-0.3, -0.25) is 9.10 Å². The number of thioether (sulfide) groups is 1. The lowest BCUT2D eigenvalue weighted by Gasteiger charge is -2.26. The van der Waals surface area contributed by atoms with Crippen LogP contribution in [0.2, 0.25) is 0 Å². The normalized spacial score (nSPS) is 13.9. The lowest BCUT2D eigenvalue weighted by Crippen LogP contribution is -2.40.